The molecule has 11 nitrogen and oxygen atoms in total. The maximum Gasteiger partial charge on any atom is 0.333 e. The maximum atomic E-state index is 12.4. The van der Waals surface area contributed by atoms with Gasteiger partial charge in [0.2, 0.25) is 0 Å². The smallest absolute Gasteiger partial charge is 0.333 e. The van der Waals surface area contributed by atoms with Gasteiger partial charge >= 0.3 is 12.0 Å². The number of thiophene rings is 1. The van der Waals surface area contributed by atoms with E-state index < -0.39 is 23.9 Å². The Balaban J connectivity index is 1.44. The highest BCUT2D eigenvalue weighted by molar-refractivity contribution is 7.13. The molecule has 0 aromatic carbocycles. The Bertz CT molecular complexity index is 994. The lowest BCUT2D eigenvalue weighted by Gasteiger charge is -2.30. The van der Waals surface area contributed by atoms with Gasteiger partial charge in [-0.3, -0.25) is 24.7 Å². The maximum absolute atomic E-state index is 12.4. The van der Waals surface area contributed by atoms with Crippen LogP contribution in [0.1, 0.15) is 0 Å². The van der Waals surface area contributed by atoms with Gasteiger partial charge in [0.15, 0.2) is 6.54 Å². The molecule has 0 aliphatic carbocycles. The van der Waals surface area contributed by atoms with Crippen LogP contribution >= 0.6 is 11.3 Å². The minimum atomic E-state index is -0.826. The molecule has 1 N–H and O–H groups in total. The van der Waals surface area contributed by atoms with E-state index in [0.717, 1.165) is 9.78 Å². The van der Waals surface area contributed by atoms with Gasteiger partial charge in [-0.25, -0.2) is 9.37 Å². The highest BCUT2D eigenvalue weighted by Gasteiger charge is 2.50. The van der Waals surface area contributed by atoms with E-state index in [1.807, 2.05) is 17.5 Å². The van der Waals surface area contributed by atoms with Gasteiger partial charge in [0.1, 0.15) is 0 Å². The number of aromatic nitrogens is 2. The number of imide groups is 1. The number of amides is 4. The number of hydrogen-bond acceptors (Lipinski definition) is 8. The summed E-state index contributed by atoms with van der Waals surface area (Å²) < 4.78 is 6.86. The average Bonchev–Trinajstić information content (AvgIpc) is 3.38. The number of nitrogens with zero attached hydrogens (tertiary/aromatic N) is 6. The number of amidine groups is 1. The van der Waals surface area contributed by atoms with Gasteiger partial charge in [-0.15, -0.1) is 16.4 Å². The summed E-state index contributed by atoms with van der Waals surface area (Å²) in [7, 11) is 2.91. The molecule has 4 rings (SSSR count). The SMILES string of the molecule is CN1C(=O)C2C(=NC=[N+]2CC(=O)Nc2nnc(-c3cccs3)o2)N(C)C1=O. The molecule has 1 fully saturated rings. The van der Waals surface area contributed by atoms with Gasteiger partial charge in [0.05, 0.1) is 4.88 Å². The molecule has 2 aromatic heterocycles. The van der Waals surface area contributed by atoms with Crippen molar-refractivity contribution >= 4 is 47.4 Å². The summed E-state index contributed by atoms with van der Waals surface area (Å²) in [6.45, 7) is -0.171. The summed E-state index contributed by atoms with van der Waals surface area (Å²) in [5.74, 6) is -0.313. The third kappa shape index (κ3) is 2.89. The van der Waals surface area contributed by atoms with Crippen LogP contribution in [-0.4, -0.2) is 81.3 Å². The van der Waals surface area contributed by atoms with Gasteiger partial charge in [-0.05, 0) is 16.4 Å². The molecule has 1 saturated heterocycles. The third-order valence-corrected chi connectivity index (χ3v) is 4.98. The number of hydrogen-bond donors (Lipinski definition) is 1. The molecule has 4 heterocycles. The molecule has 138 valence electrons. The number of rotatable bonds is 4. The number of carbonyl (C=O) groups is 3. The standard InChI is InChI=1S/C15H13N7O4S/c1-20-11-10(13(24)21(2)15(20)25)22(7-16-11)6-9(23)17-14-19-18-12(26-14)8-4-3-5-27-8/h3-5,7,10H,6H2,1-2H3/p+1. The Hall–Kier alpha value is -3.41. The summed E-state index contributed by atoms with van der Waals surface area (Å²) in [5, 5.41) is 12.0. The molecule has 27 heavy (non-hydrogen) atoms. The first-order valence-corrected chi connectivity index (χ1v) is 8.73. The van der Waals surface area contributed by atoms with E-state index in [1.165, 1.54) is 41.2 Å². The quantitative estimate of drug-likeness (QED) is 0.740. The number of nitrogens with one attached hydrogen (secondary N) is 1. The minimum Gasteiger partial charge on any atom is -0.402 e. The van der Waals surface area contributed by atoms with Crippen molar-refractivity contribution < 1.29 is 23.4 Å². The summed E-state index contributed by atoms with van der Waals surface area (Å²) in [6, 6.07) is 2.34. The zero-order valence-electron chi connectivity index (χ0n) is 14.3. The number of carbonyl (C=O) groups excluding carboxylic acids is 3. The molecule has 0 saturated carbocycles. The van der Waals surface area contributed by atoms with Crippen molar-refractivity contribution in [1.82, 2.24) is 20.0 Å². The first-order chi connectivity index (χ1) is 13.0. The first-order valence-electron chi connectivity index (χ1n) is 7.85. The Morgan fingerprint density at radius 1 is 1.33 bits per heavy atom. The zero-order valence-corrected chi connectivity index (χ0v) is 15.1. The average molecular weight is 388 g/mol. The number of anilines is 1. The van der Waals surface area contributed by atoms with E-state index in [-0.39, 0.29) is 18.4 Å². The predicted octanol–water partition coefficient (Wildman–Crippen LogP) is 0.0819. The van der Waals surface area contributed by atoms with Crippen LogP contribution < -0.4 is 5.32 Å². The zero-order chi connectivity index (χ0) is 19.1. The predicted molar refractivity (Wildman–Crippen MR) is 94.6 cm³/mol. The number of aliphatic imine (C=N–C) groups is 1. The van der Waals surface area contributed by atoms with Gasteiger partial charge in [0, 0.05) is 14.1 Å². The van der Waals surface area contributed by atoms with E-state index in [2.05, 4.69) is 20.5 Å². The molecular weight excluding hydrogens is 374 g/mol. The monoisotopic (exact) mass is 388 g/mol. The highest BCUT2D eigenvalue weighted by atomic mass is 32.1. The topological polar surface area (TPSA) is 124 Å². The van der Waals surface area contributed by atoms with Crippen LogP contribution in [0.2, 0.25) is 0 Å². The Morgan fingerprint density at radius 2 is 2.15 bits per heavy atom. The molecular formula is C15H14N7O4S+. The lowest BCUT2D eigenvalue weighted by molar-refractivity contribution is -0.519. The molecule has 0 radical (unpaired) electrons. The lowest BCUT2D eigenvalue weighted by atomic mass is 10.1. The van der Waals surface area contributed by atoms with Crippen LogP contribution in [-0.2, 0) is 9.59 Å². The molecule has 2 aliphatic heterocycles. The van der Waals surface area contributed by atoms with E-state index in [1.54, 1.807) is 0 Å². The molecule has 4 amide bonds. The second kappa shape index (κ2) is 6.39. The third-order valence-electron chi connectivity index (χ3n) is 4.13. The van der Waals surface area contributed by atoms with Crippen LogP contribution in [0.4, 0.5) is 10.8 Å². The molecule has 1 atom stereocenters. The van der Waals surface area contributed by atoms with Crippen LogP contribution in [0, 0.1) is 0 Å². The van der Waals surface area contributed by atoms with Crippen LogP contribution in [0.3, 0.4) is 0 Å². The summed E-state index contributed by atoms with van der Waals surface area (Å²) >= 11 is 1.44. The minimum absolute atomic E-state index is 0.0388. The first kappa shape index (κ1) is 17.0. The highest BCUT2D eigenvalue weighted by Crippen LogP contribution is 2.24. The number of likely N-dealkylation sites (N-methyl/N-ethyl adjacent to an activating group) is 2. The number of urea groups is 1. The van der Waals surface area contributed by atoms with Crippen LogP contribution in [0.15, 0.2) is 26.9 Å². The van der Waals surface area contributed by atoms with Crippen molar-refractivity contribution in [3.63, 3.8) is 0 Å². The van der Waals surface area contributed by atoms with Crippen molar-refractivity contribution in [2.75, 3.05) is 26.0 Å². The summed E-state index contributed by atoms with van der Waals surface area (Å²) in [6.07, 6.45) is 1.37. The van der Waals surface area contributed by atoms with Crippen molar-refractivity contribution in [2.24, 2.45) is 4.99 Å². The Kier molecular flexibility index (Phi) is 4.03. The fourth-order valence-electron chi connectivity index (χ4n) is 2.77. The van der Waals surface area contributed by atoms with Crippen LogP contribution in [0.5, 0.6) is 0 Å². The summed E-state index contributed by atoms with van der Waals surface area (Å²) in [4.78, 5) is 43.9. The Labute approximate surface area is 156 Å². The molecule has 2 aliphatic rings. The fraction of sp³-hybridized carbons (Fsp3) is 0.267. The molecule has 1 unspecified atom stereocenters. The van der Waals surface area contributed by atoms with E-state index in [0.29, 0.717) is 5.89 Å². The number of fused-ring (bicyclic) bond motifs is 1. The summed E-state index contributed by atoms with van der Waals surface area (Å²) in [5.41, 5.74) is 0. The largest absolute Gasteiger partial charge is 0.402 e. The van der Waals surface area contributed by atoms with Crippen LogP contribution in [0.25, 0.3) is 10.8 Å². The van der Waals surface area contributed by atoms with E-state index in [4.69, 9.17) is 4.42 Å². The second-order valence-corrected chi connectivity index (χ2v) is 6.80. The fourth-order valence-corrected chi connectivity index (χ4v) is 3.42. The van der Waals surface area contributed by atoms with Crippen molar-refractivity contribution in [1.29, 1.82) is 0 Å². The molecule has 12 heteroatoms. The van der Waals surface area contributed by atoms with Gasteiger partial charge < -0.3 is 4.42 Å². The molecule has 2 aromatic rings. The van der Waals surface area contributed by atoms with Gasteiger partial charge in [0.25, 0.3) is 35.9 Å². The van der Waals surface area contributed by atoms with Crippen molar-refractivity contribution in [3.05, 3.63) is 17.5 Å². The van der Waals surface area contributed by atoms with Gasteiger partial charge in [-0.2, -0.15) is 0 Å². The second-order valence-electron chi connectivity index (χ2n) is 5.85. The molecule has 0 spiro atoms. The lowest BCUT2D eigenvalue weighted by Crippen LogP contribution is -2.61. The van der Waals surface area contributed by atoms with Crippen molar-refractivity contribution in [2.45, 2.75) is 6.04 Å². The van der Waals surface area contributed by atoms with E-state index in [9.17, 15) is 14.4 Å². The molecule has 0 bridgehead atoms. The van der Waals surface area contributed by atoms with Crippen molar-refractivity contribution in [3.8, 4) is 10.8 Å². The van der Waals surface area contributed by atoms with E-state index >= 15 is 0 Å². The Morgan fingerprint density at radius 3 is 2.89 bits per heavy atom. The van der Waals surface area contributed by atoms with Gasteiger partial charge in [-0.1, -0.05) is 11.2 Å². The normalized spacial score (nSPS) is 19.1.